The van der Waals surface area contributed by atoms with E-state index in [9.17, 15) is 0 Å². The highest BCUT2D eigenvalue weighted by molar-refractivity contribution is 7.80. The van der Waals surface area contributed by atoms with E-state index in [1.807, 2.05) is 0 Å². The first-order valence-corrected chi connectivity index (χ1v) is 3.89. The van der Waals surface area contributed by atoms with E-state index in [-0.39, 0.29) is 12.1 Å². The molecular formula is C6H14N2S. The minimum Gasteiger partial charge on any atom is -0.328 e. The molecule has 0 amide bonds. The summed E-state index contributed by atoms with van der Waals surface area (Å²) in [7, 11) is 0. The molecule has 2 unspecified atom stereocenters. The van der Waals surface area contributed by atoms with Gasteiger partial charge in [-0.1, -0.05) is 0 Å². The lowest BCUT2D eigenvalue weighted by Gasteiger charge is -2.27. The van der Waals surface area contributed by atoms with Crippen molar-refractivity contribution in [3.8, 4) is 0 Å². The van der Waals surface area contributed by atoms with Crippen LogP contribution in [-0.4, -0.2) is 17.3 Å². The van der Waals surface area contributed by atoms with Crippen molar-refractivity contribution in [3.63, 3.8) is 0 Å². The minimum atomic E-state index is 0.288. The van der Waals surface area contributed by atoms with Gasteiger partial charge in [-0.3, -0.25) is 0 Å². The van der Waals surface area contributed by atoms with E-state index < -0.39 is 0 Å². The molecule has 1 aliphatic rings. The van der Waals surface area contributed by atoms with Crippen molar-refractivity contribution in [2.24, 2.45) is 11.5 Å². The van der Waals surface area contributed by atoms with Crippen molar-refractivity contribution in [2.75, 3.05) is 0 Å². The standard InChI is InChI=1S/C6H14N2S/c7-4-1-5(8)3-6(9)2-4/h4-6,9H,1-3,7-8H2. The molecule has 1 fully saturated rings. The van der Waals surface area contributed by atoms with Gasteiger partial charge in [0.05, 0.1) is 0 Å². The second kappa shape index (κ2) is 2.90. The van der Waals surface area contributed by atoms with Crippen LogP contribution in [0.25, 0.3) is 0 Å². The molecule has 0 aromatic rings. The Morgan fingerprint density at radius 2 is 1.44 bits per heavy atom. The van der Waals surface area contributed by atoms with Crippen LogP contribution < -0.4 is 11.5 Å². The van der Waals surface area contributed by atoms with E-state index in [4.69, 9.17) is 11.5 Å². The van der Waals surface area contributed by atoms with Crippen LogP contribution in [0.4, 0.5) is 0 Å². The van der Waals surface area contributed by atoms with Crippen molar-refractivity contribution in [1.82, 2.24) is 0 Å². The largest absolute Gasteiger partial charge is 0.328 e. The molecule has 0 aromatic carbocycles. The SMILES string of the molecule is NC1CC(N)CC(S)C1. The first-order chi connectivity index (χ1) is 4.18. The average Bonchev–Trinajstić information content (AvgIpc) is 1.59. The molecule has 1 rings (SSSR count). The molecule has 2 atom stereocenters. The molecule has 0 radical (unpaired) electrons. The molecule has 9 heavy (non-hydrogen) atoms. The molecule has 54 valence electrons. The van der Waals surface area contributed by atoms with Gasteiger partial charge in [-0.15, -0.1) is 0 Å². The maximum atomic E-state index is 5.69. The summed E-state index contributed by atoms with van der Waals surface area (Å²) in [5.74, 6) is 0. The van der Waals surface area contributed by atoms with E-state index in [1.165, 1.54) is 0 Å². The van der Waals surface area contributed by atoms with Crippen molar-refractivity contribution in [3.05, 3.63) is 0 Å². The second-order valence-corrected chi connectivity index (χ2v) is 3.61. The van der Waals surface area contributed by atoms with Crippen LogP contribution in [0.15, 0.2) is 0 Å². The summed E-state index contributed by atoms with van der Waals surface area (Å²) in [4.78, 5) is 0. The molecule has 0 bridgehead atoms. The Kier molecular flexibility index (Phi) is 2.38. The summed E-state index contributed by atoms with van der Waals surface area (Å²) < 4.78 is 0. The molecule has 0 aliphatic heterocycles. The van der Waals surface area contributed by atoms with Gasteiger partial charge in [0, 0.05) is 17.3 Å². The maximum absolute atomic E-state index is 5.69. The van der Waals surface area contributed by atoms with Crippen LogP contribution in [0.5, 0.6) is 0 Å². The topological polar surface area (TPSA) is 52.0 Å². The van der Waals surface area contributed by atoms with Crippen LogP contribution in [0.1, 0.15) is 19.3 Å². The number of nitrogens with two attached hydrogens (primary N) is 2. The molecule has 1 saturated carbocycles. The van der Waals surface area contributed by atoms with Crippen LogP contribution in [0.3, 0.4) is 0 Å². The smallest absolute Gasteiger partial charge is 0.00640 e. The predicted octanol–water partition coefficient (Wildman–Crippen LogP) is 0.123. The molecule has 0 spiro atoms. The lowest BCUT2D eigenvalue weighted by Crippen LogP contribution is -2.40. The Balaban J connectivity index is 2.34. The van der Waals surface area contributed by atoms with Crippen LogP contribution >= 0.6 is 12.6 Å². The lowest BCUT2D eigenvalue weighted by molar-refractivity contribution is 0.402. The van der Waals surface area contributed by atoms with Gasteiger partial charge in [0.15, 0.2) is 0 Å². The van der Waals surface area contributed by atoms with Crippen molar-refractivity contribution in [2.45, 2.75) is 36.6 Å². The summed E-state index contributed by atoms with van der Waals surface area (Å²) >= 11 is 4.32. The van der Waals surface area contributed by atoms with Crippen LogP contribution in [0.2, 0.25) is 0 Å². The Bertz CT molecular complexity index is 72.0. The van der Waals surface area contributed by atoms with E-state index >= 15 is 0 Å². The predicted molar refractivity (Wildman–Crippen MR) is 42.6 cm³/mol. The molecule has 1 aliphatic carbocycles. The third-order valence-corrected chi connectivity index (χ3v) is 2.18. The van der Waals surface area contributed by atoms with Crippen molar-refractivity contribution >= 4 is 12.6 Å². The summed E-state index contributed by atoms with van der Waals surface area (Å²) in [6.07, 6.45) is 3.02. The van der Waals surface area contributed by atoms with Gasteiger partial charge in [-0.05, 0) is 19.3 Å². The average molecular weight is 146 g/mol. The van der Waals surface area contributed by atoms with Gasteiger partial charge < -0.3 is 11.5 Å². The molecule has 4 N–H and O–H groups in total. The van der Waals surface area contributed by atoms with E-state index in [0.717, 1.165) is 19.3 Å². The third-order valence-electron chi connectivity index (χ3n) is 1.76. The maximum Gasteiger partial charge on any atom is 0.00640 e. The van der Waals surface area contributed by atoms with Gasteiger partial charge in [0.1, 0.15) is 0 Å². The zero-order valence-corrected chi connectivity index (χ0v) is 6.35. The monoisotopic (exact) mass is 146 g/mol. The fourth-order valence-electron chi connectivity index (χ4n) is 1.38. The van der Waals surface area contributed by atoms with Gasteiger partial charge in [0.2, 0.25) is 0 Å². The normalized spacial score (nSPS) is 45.0. The summed E-state index contributed by atoms with van der Waals surface area (Å²) in [6.45, 7) is 0. The Hall–Kier alpha value is 0.270. The van der Waals surface area contributed by atoms with Gasteiger partial charge >= 0.3 is 0 Å². The molecule has 0 aromatic heterocycles. The molecular weight excluding hydrogens is 132 g/mol. The first-order valence-electron chi connectivity index (χ1n) is 3.37. The summed E-state index contributed by atoms with van der Waals surface area (Å²) in [6, 6.07) is 0.576. The molecule has 3 heteroatoms. The van der Waals surface area contributed by atoms with Crippen LogP contribution in [-0.2, 0) is 0 Å². The zero-order valence-electron chi connectivity index (χ0n) is 5.46. The van der Waals surface area contributed by atoms with Crippen molar-refractivity contribution in [1.29, 1.82) is 0 Å². The number of hydrogen-bond donors (Lipinski definition) is 3. The number of thiol groups is 1. The van der Waals surface area contributed by atoms with E-state index in [1.54, 1.807) is 0 Å². The Morgan fingerprint density at radius 3 is 1.78 bits per heavy atom. The minimum absolute atomic E-state index is 0.288. The van der Waals surface area contributed by atoms with Gasteiger partial charge in [0.25, 0.3) is 0 Å². The molecule has 0 saturated heterocycles. The van der Waals surface area contributed by atoms with Crippen LogP contribution in [0, 0.1) is 0 Å². The highest BCUT2D eigenvalue weighted by Gasteiger charge is 2.21. The fourth-order valence-corrected chi connectivity index (χ4v) is 1.92. The molecule has 0 heterocycles. The number of hydrogen-bond acceptors (Lipinski definition) is 3. The highest BCUT2D eigenvalue weighted by atomic mass is 32.1. The Morgan fingerprint density at radius 1 is 1.00 bits per heavy atom. The lowest BCUT2D eigenvalue weighted by atomic mass is 9.92. The quantitative estimate of drug-likeness (QED) is 0.425. The molecule has 2 nitrogen and oxygen atoms in total. The van der Waals surface area contributed by atoms with E-state index in [2.05, 4.69) is 12.6 Å². The van der Waals surface area contributed by atoms with E-state index in [0.29, 0.717) is 5.25 Å². The zero-order chi connectivity index (χ0) is 6.85. The first kappa shape index (κ1) is 7.38. The third kappa shape index (κ3) is 2.16. The Labute approximate surface area is 61.4 Å². The summed E-state index contributed by atoms with van der Waals surface area (Å²) in [5.41, 5.74) is 11.4. The highest BCUT2D eigenvalue weighted by Crippen LogP contribution is 2.20. The van der Waals surface area contributed by atoms with Crippen molar-refractivity contribution < 1.29 is 0 Å². The van der Waals surface area contributed by atoms with Gasteiger partial charge in [-0.2, -0.15) is 12.6 Å². The van der Waals surface area contributed by atoms with Gasteiger partial charge in [-0.25, -0.2) is 0 Å². The second-order valence-electron chi connectivity index (χ2n) is 2.88. The fraction of sp³-hybridized carbons (Fsp3) is 1.00. The number of rotatable bonds is 0. The summed E-state index contributed by atoms with van der Waals surface area (Å²) in [5, 5.41) is 0.434.